The van der Waals surface area contributed by atoms with Crippen LogP contribution in [0.25, 0.3) is 21.8 Å². The molecule has 2 aliphatic carbocycles. The lowest BCUT2D eigenvalue weighted by atomic mass is 9.70. The van der Waals surface area contributed by atoms with E-state index < -0.39 is 53.8 Å². The molecule has 2 bridgehead atoms. The fourth-order valence-electron chi connectivity index (χ4n) is 8.79. The SMILES string of the molecule is CC/C=C1\C2=C(C)C(=O)C[C@@]1(O)C#C/C=C\C#C[C@@H]2OC1OC(C)C(C)(C(=O)c2[nH]ccc3c2[nH]c2cc(=O)ccc23)C(O)C1OC1CC(C)C(CC(C)C)CO1. The molecule has 4 N–H and O–H groups in total. The van der Waals surface area contributed by atoms with Gasteiger partial charge < -0.3 is 39.1 Å². The van der Waals surface area contributed by atoms with Gasteiger partial charge in [0.2, 0.25) is 0 Å². The van der Waals surface area contributed by atoms with Crippen LogP contribution in [0.2, 0.25) is 0 Å². The molecule has 2 aromatic heterocycles. The highest BCUT2D eigenvalue weighted by atomic mass is 16.7. The zero-order chi connectivity index (χ0) is 40.8. The third-order valence-corrected chi connectivity index (χ3v) is 12.2. The number of rotatable bonds is 9. The molecule has 1 aromatic carbocycles. The van der Waals surface area contributed by atoms with Gasteiger partial charge in [-0.05, 0) is 92.9 Å². The van der Waals surface area contributed by atoms with Crippen LogP contribution in [-0.4, -0.2) is 81.0 Å². The second kappa shape index (κ2) is 16.0. The first-order valence-electron chi connectivity index (χ1n) is 20.0. The van der Waals surface area contributed by atoms with Crippen LogP contribution in [0.15, 0.2) is 70.2 Å². The van der Waals surface area contributed by atoms with E-state index >= 15 is 0 Å². The molecule has 57 heavy (non-hydrogen) atoms. The van der Waals surface area contributed by atoms with Crippen LogP contribution in [-0.2, 0) is 23.7 Å². The molecule has 0 radical (unpaired) electrons. The van der Waals surface area contributed by atoms with E-state index in [2.05, 4.69) is 54.4 Å². The summed E-state index contributed by atoms with van der Waals surface area (Å²) in [6.07, 6.45) is 1.49. The second-order valence-corrected chi connectivity index (χ2v) is 16.6. The average Bonchev–Trinajstić information content (AvgIpc) is 3.54. The number of aromatic nitrogens is 2. The number of carbonyl (C=O) groups excluding carboxylic acids is 2. The Morgan fingerprint density at radius 1 is 1.12 bits per heavy atom. The third kappa shape index (κ3) is 7.49. The van der Waals surface area contributed by atoms with Crippen molar-refractivity contribution in [2.45, 2.75) is 117 Å². The topological polar surface area (TPSA) is 160 Å². The maximum absolute atomic E-state index is 15.0. The number of aliphatic hydroxyl groups excluding tert-OH is 1. The van der Waals surface area contributed by atoms with Gasteiger partial charge in [0.15, 0.2) is 35.2 Å². The van der Waals surface area contributed by atoms with Crippen LogP contribution in [0.4, 0.5) is 0 Å². The minimum absolute atomic E-state index is 0.168. The Morgan fingerprint density at radius 2 is 1.89 bits per heavy atom. The minimum atomic E-state index is -1.78. The molecule has 8 unspecified atom stereocenters. The molecule has 7 rings (SSSR count). The van der Waals surface area contributed by atoms with Crippen molar-refractivity contribution in [1.29, 1.82) is 0 Å². The van der Waals surface area contributed by atoms with Crippen molar-refractivity contribution in [3.05, 3.63) is 81.3 Å². The molecule has 4 heterocycles. The number of ketones is 2. The molecule has 4 aliphatic rings. The van der Waals surface area contributed by atoms with Crippen LogP contribution in [0.3, 0.4) is 0 Å². The molecule has 0 amide bonds. The molecule has 2 saturated heterocycles. The van der Waals surface area contributed by atoms with Gasteiger partial charge in [0.05, 0.1) is 35.6 Å². The molecule has 300 valence electrons. The molecule has 2 fully saturated rings. The van der Waals surface area contributed by atoms with Crippen molar-refractivity contribution in [2.24, 2.45) is 23.2 Å². The molecular formula is C46H52N2O9. The predicted octanol–water partition coefficient (Wildman–Crippen LogP) is 6.05. The van der Waals surface area contributed by atoms with E-state index in [4.69, 9.17) is 18.9 Å². The lowest BCUT2D eigenvalue weighted by Crippen LogP contribution is -2.65. The summed E-state index contributed by atoms with van der Waals surface area (Å²) in [5.41, 5.74) is -1.09. The highest BCUT2D eigenvalue weighted by Crippen LogP contribution is 2.45. The number of nitrogens with one attached hydrogen (secondary N) is 2. The highest BCUT2D eigenvalue weighted by Gasteiger charge is 2.58. The highest BCUT2D eigenvalue weighted by molar-refractivity contribution is 6.15. The van der Waals surface area contributed by atoms with Gasteiger partial charge in [0.25, 0.3) is 0 Å². The smallest absolute Gasteiger partial charge is 0.192 e. The van der Waals surface area contributed by atoms with E-state index in [9.17, 15) is 24.6 Å². The Kier molecular flexibility index (Phi) is 11.4. The Hall–Kier alpha value is -4.59. The molecule has 10 atom stereocenters. The van der Waals surface area contributed by atoms with Crippen molar-refractivity contribution in [3.63, 3.8) is 0 Å². The zero-order valence-corrected chi connectivity index (χ0v) is 33.6. The summed E-state index contributed by atoms with van der Waals surface area (Å²) in [5.74, 6) is 12.1. The number of Topliss-reactive ketones (excluding diaryl/α,β-unsaturated/α-hetero) is 2. The number of hydrogen-bond acceptors (Lipinski definition) is 9. The maximum atomic E-state index is 15.0. The van der Waals surface area contributed by atoms with E-state index in [-0.39, 0.29) is 29.2 Å². The van der Waals surface area contributed by atoms with Crippen molar-refractivity contribution in [2.75, 3.05) is 6.61 Å². The van der Waals surface area contributed by atoms with Crippen molar-refractivity contribution < 1.29 is 38.7 Å². The number of benzene rings is 1. The molecule has 0 saturated carbocycles. The summed E-state index contributed by atoms with van der Waals surface area (Å²) in [6, 6.07) is 6.51. The molecule has 11 heteroatoms. The molecule has 3 aromatic rings. The lowest BCUT2D eigenvalue weighted by Gasteiger charge is -2.50. The molecule has 0 spiro atoms. The first-order chi connectivity index (χ1) is 27.2. The standard InChI is InChI=1S/C46H52N2O9/c1-8-13-33-38-27(5)35(50)23-46(33,53)18-12-10-9-11-14-36(38)56-44-41(57-37-21-26(4)29(24-54-37)20-25(2)3)43(52)45(7,28(6)55-44)42(51)40-39-32(17-19-47-40)31-16-15-30(49)22-34(31)48-39/h9-10,13,15-17,19,22,25-26,28-29,36-37,41,43-44,47-48,52-53H,8,20-21,23-24H2,1-7H3/b10-9-,33-13+/t26?,28?,29?,36-,37?,41?,43?,44?,45?,46-/m0/s1. The van der Waals surface area contributed by atoms with Crippen molar-refractivity contribution >= 4 is 33.4 Å². The largest absolute Gasteiger partial charge is 0.389 e. The summed E-state index contributed by atoms with van der Waals surface area (Å²) >= 11 is 0. The fourth-order valence-corrected chi connectivity index (χ4v) is 8.79. The quantitative estimate of drug-likeness (QED) is 0.150. The average molecular weight is 777 g/mol. The number of carbonyl (C=O) groups is 2. The van der Waals surface area contributed by atoms with E-state index in [0.717, 1.165) is 17.2 Å². The minimum Gasteiger partial charge on any atom is -0.389 e. The van der Waals surface area contributed by atoms with Gasteiger partial charge in [-0.15, -0.1) is 0 Å². The fraction of sp³-hybridized carbons (Fsp3) is 0.500. The van der Waals surface area contributed by atoms with E-state index in [0.29, 0.717) is 59.0 Å². The molecule has 11 nitrogen and oxygen atoms in total. The zero-order valence-electron chi connectivity index (χ0n) is 33.6. The van der Waals surface area contributed by atoms with Crippen LogP contribution in [0.1, 0.15) is 84.6 Å². The monoisotopic (exact) mass is 776 g/mol. The van der Waals surface area contributed by atoms with Crippen LogP contribution >= 0.6 is 0 Å². The number of H-pyrrole nitrogens is 2. The summed E-state index contributed by atoms with van der Waals surface area (Å²) in [7, 11) is 0. The number of aliphatic hydroxyl groups is 2. The molecular weight excluding hydrogens is 725 g/mol. The Bertz CT molecular complexity index is 2360. The van der Waals surface area contributed by atoms with Crippen molar-refractivity contribution in [1.82, 2.24) is 9.97 Å². The number of hydrogen-bond donors (Lipinski definition) is 4. The van der Waals surface area contributed by atoms with Gasteiger partial charge in [-0.1, -0.05) is 57.5 Å². The van der Waals surface area contributed by atoms with Gasteiger partial charge in [0, 0.05) is 35.0 Å². The first-order valence-corrected chi connectivity index (χ1v) is 20.0. The summed E-state index contributed by atoms with van der Waals surface area (Å²) in [6.45, 7) is 14.0. The van der Waals surface area contributed by atoms with E-state index in [1.807, 2.05) is 19.1 Å². The summed E-state index contributed by atoms with van der Waals surface area (Å²) in [5, 5.41) is 26.0. The molecule has 2 aliphatic heterocycles. The Morgan fingerprint density at radius 3 is 2.63 bits per heavy atom. The van der Waals surface area contributed by atoms with Gasteiger partial charge in [-0.3, -0.25) is 14.4 Å². The van der Waals surface area contributed by atoms with Gasteiger partial charge in [-0.25, -0.2) is 0 Å². The van der Waals surface area contributed by atoms with E-state index in [1.165, 1.54) is 18.2 Å². The first kappa shape index (κ1) is 40.6. The maximum Gasteiger partial charge on any atom is 0.192 e. The van der Waals surface area contributed by atoms with Gasteiger partial charge in [-0.2, -0.15) is 0 Å². The van der Waals surface area contributed by atoms with E-state index in [1.54, 1.807) is 39.1 Å². The van der Waals surface area contributed by atoms with Crippen LogP contribution < -0.4 is 5.43 Å². The number of aromatic amines is 2. The number of allylic oxidation sites excluding steroid dienone is 4. The predicted molar refractivity (Wildman–Crippen MR) is 216 cm³/mol. The van der Waals surface area contributed by atoms with Crippen molar-refractivity contribution in [3.8, 4) is 23.7 Å². The van der Waals surface area contributed by atoms with Gasteiger partial charge in [0.1, 0.15) is 24.0 Å². The number of ether oxygens (including phenoxy) is 4. The summed E-state index contributed by atoms with van der Waals surface area (Å²) < 4.78 is 26.4. The normalized spacial score (nSPS) is 34.2. The van der Waals surface area contributed by atoms with Crippen LogP contribution in [0.5, 0.6) is 0 Å². The Labute approximate surface area is 332 Å². The Balaban J connectivity index is 1.29. The third-order valence-electron chi connectivity index (χ3n) is 12.2. The van der Waals surface area contributed by atoms with Gasteiger partial charge >= 0.3 is 0 Å². The summed E-state index contributed by atoms with van der Waals surface area (Å²) in [4.78, 5) is 47.0. The lowest BCUT2D eigenvalue weighted by molar-refractivity contribution is -0.339. The second-order valence-electron chi connectivity index (χ2n) is 16.6. The van der Waals surface area contributed by atoms with Crippen LogP contribution in [0, 0.1) is 46.9 Å². The number of fused-ring (bicyclic) bond motifs is 5. The number of pyridine rings is 1.